The maximum Gasteiger partial charge on any atom is 0.0366 e. The number of nitrogens with one attached hydrogen (secondary N) is 1. The maximum atomic E-state index is 3.55. The van der Waals surface area contributed by atoms with Gasteiger partial charge in [0.05, 0.1) is 0 Å². The van der Waals surface area contributed by atoms with Crippen molar-refractivity contribution in [2.45, 2.75) is 50.7 Å². The summed E-state index contributed by atoms with van der Waals surface area (Å²) >= 11 is 0. The van der Waals surface area contributed by atoms with Crippen LogP contribution in [0, 0.1) is 0 Å². The first-order chi connectivity index (χ1) is 8.33. The van der Waals surface area contributed by atoms with Crippen molar-refractivity contribution in [3.8, 4) is 0 Å². The van der Waals surface area contributed by atoms with Gasteiger partial charge in [0.25, 0.3) is 0 Å². The molecule has 0 amide bonds. The Balaban J connectivity index is 1.57. The van der Waals surface area contributed by atoms with Gasteiger partial charge in [0.2, 0.25) is 0 Å². The molecule has 0 heterocycles. The van der Waals surface area contributed by atoms with Crippen molar-refractivity contribution < 1.29 is 0 Å². The highest BCUT2D eigenvalue weighted by molar-refractivity contribution is 5.48. The van der Waals surface area contributed by atoms with E-state index >= 15 is 0 Å². The van der Waals surface area contributed by atoms with Crippen LogP contribution in [-0.2, 0) is 6.54 Å². The van der Waals surface area contributed by atoms with Gasteiger partial charge in [-0.3, -0.25) is 0 Å². The first-order valence-electron chi connectivity index (χ1n) is 6.88. The lowest BCUT2D eigenvalue weighted by Gasteiger charge is -2.36. The molecule has 0 bridgehead atoms. The molecule has 2 aliphatic rings. The summed E-state index contributed by atoms with van der Waals surface area (Å²) in [6, 6.07) is 10.6. The third-order valence-corrected chi connectivity index (χ3v) is 4.14. The molecule has 1 aromatic carbocycles. The fourth-order valence-corrected chi connectivity index (χ4v) is 2.38. The molecule has 0 radical (unpaired) electrons. The predicted octanol–water partition coefficient (Wildman–Crippen LogP) is 2.93. The van der Waals surface area contributed by atoms with Gasteiger partial charge in [-0.05, 0) is 49.8 Å². The average molecular weight is 230 g/mol. The van der Waals surface area contributed by atoms with Gasteiger partial charge in [-0.15, -0.1) is 0 Å². The molecule has 92 valence electrons. The monoisotopic (exact) mass is 230 g/mol. The standard InChI is InChI=1S/C15H22N2/c1-17(14-3-2-4-14)15-9-5-12(6-10-15)11-16-13-7-8-13/h5-6,9-10,13-14,16H,2-4,7-8,11H2,1H3. The Kier molecular flexibility index (Phi) is 3.06. The molecule has 0 saturated heterocycles. The first-order valence-corrected chi connectivity index (χ1v) is 6.88. The van der Waals surface area contributed by atoms with Crippen LogP contribution >= 0.6 is 0 Å². The summed E-state index contributed by atoms with van der Waals surface area (Å²) in [5.74, 6) is 0. The largest absolute Gasteiger partial charge is 0.372 e. The lowest BCUT2D eigenvalue weighted by atomic mass is 9.91. The van der Waals surface area contributed by atoms with E-state index in [0.717, 1.165) is 18.6 Å². The zero-order chi connectivity index (χ0) is 11.7. The summed E-state index contributed by atoms with van der Waals surface area (Å²) in [7, 11) is 2.22. The van der Waals surface area contributed by atoms with Crippen molar-refractivity contribution >= 4 is 5.69 Å². The van der Waals surface area contributed by atoms with Crippen molar-refractivity contribution in [2.24, 2.45) is 0 Å². The van der Waals surface area contributed by atoms with Gasteiger partial charge in [-0.2, -0.15) is 0 Å². The summed E-state index contributed by atoms with van der Waals surface area (Å²) in [5, 5.41) is 3.55. The molecule has 0 unspecified atom stereocenters. The summed E-state index contributed by atoms with van der Waals surface area (Å²) < 4.78 is 0. The minimum Gasteiger partial charge on any atom is -0.372 e. The van der Waals surface area contributed by atoms with Gasteiger partial charge in [0.1, 0.15) is 0 Å². The van der Waals surface area contributed by atoms with Gasteiger partial charge in [-0.25, -0.2) is 0 Å². The zero-order valence-corrected chi connectivity index (χ0v) is 10.7. The van der Waals surface area contributed by atoms with Crippen LogP contribution in [0.4, 0.5) is 5.69 Å². The quantitative estimate of drug-likeness (QED) is 0.836. The molecule has 2 nitrogen and oxygen atoms in total. The van der Waals surface area contributed by atoms with Crippen molar-refractivity contribution in [1.29, 1.82) is 0 Å². The van der Waals surface area contributed by atoms with E-state index < -0.39 is 0 Å². The van der Waals surface area contributed by atoms with E-state index in [0.29, 0.717) is 0 Å². The molecule has 0 aliphatic heterocycles. The summed E-state index contributed by atoms with van der Waals surface area (Å²) in [6.45, 7) is 1.03. The van der Waals surface area contributed by atoms with Crippen LogP contribution in [0.1, 0.15) is 37.7 Å². The summed E-state index contributed by atoms with van der Waals surface area (Å²) in [5.41, 5.74) is 2.77. The maximum absolute atomic E-state index is 3.55. The Labute approximate surface area is 104 Å². The first kappa shape index (κ1) is 11.1. The average Bonchev–Trinajstić information content (AvgIpc) is 3.08. The molecule has 2 aliphatic carbocycles. The van der Waals surface area contributed by atoms with Crippen LogP contribution in [0.5, 0.6) is 0 Å². The molecular formula is C15H22N2. The Hall–Kier alpha value is -1.02. The van der Waals surface area contributed by atoms with E-state index in [-0.39, 0.29) is 0 Å². The third-order valence-electron chi connectivity index (χ3n) is 4.14. The second-order valence-corrected chi connectivity index (χ2v) is 5.52. The lowest BCUT2D eigenvalue weighted by molar-refractivity contribution is 0.401. The fraction of sp³-hybridized carbons (Fsp3) is 0.600. The van der Waals surface area contributed by atoms with Crippen molar-refractivity contribution in [2.75, 3.05) is 11.9 Å². The molecule has 2 heteroatoms. The van der Waals surface area contributed by atoms with E-state index in [9.17, 15) is 0 Å². The fourth-order valence-electron chi connectivity index (χ4n) is 2.38. The Morgan fingerprint density at radius 1 is 1.12 bits per heavy atom. The number of benzene rings is 1. The number of nitrogens with zero attached hydrogens (tertiary/aromatic N) is 1. The molecule has 0 spiro atoms. The molecule has 3 rings (SSSR count). The smallest absolute Gasteiger partial charge is 0.0366 e. The molecule has 1 aromatic rings. The summed E-state index contributed by atoms with van der Waals surface area (Å²) in [6.07, 6.45) is 6.85. The van der Waals surface area contributed by atoms with Gasteiger partial charge in [0, 0.05) is 31.4 Å². The van der Waals surface area contributed by atoms with Crippen LogP contribution in [0.2, 0.25) is 0 Å². The van der Waals surface area contributed by atoms with E-state index in [1.807, 2.05) is 0 Å². The van der Waals surface area contributed by atoms with E-state index in [2.05, 4.69) is 41.5 Å². The molecule has 1 N–H and O–H groups in total. The Morgan fingerprint density at radius 2 is 1.82 bits per heavy atom. The Bertz CT molecular complexity index is 363. The molecule has 17 heavy (non-hydrogen) atoms. The molecule has 2 saturated carbocycles. The van der Waals surface area contributed by atoms with E-state index in [4.69, 9.17) is 0 Å². The molecule has 2 fully saturated rings. The van der Waals surface area contributed by atoms with Crippen LogP contribution in [-0.4, -0.2) is 19.1 Å². The predicted molar refractivity (Wildman–Crippen MR) is 72.3 cm³/mol. The Morgan fingerprint density at radius 3 is 2.35 bits per heavy atom. The lowest BCUT2D eigenvalue weighted by Crippen LogP contribution is -2.37. The highest BCUT2D eigenvalue weighted by atomic mass is 15.1. The van der Waals surface area contributed by atoms with Gasteiger partial charge < -0.3 is 10.2 Å². The van der Waals surface area contributed by atoms with E-state index in [1.54, 1.807) is 0 Å². The van der Waals surface area contributed by atoms with Crippen LogP contribution in [0.15, 0.2) is 24.3 Å². The van der Waals surface area contributed by atoms with Gasteiger partial charge in [-0.1, -0.05) is 12.1 Å². The van der Waals surface area contributed by atoms with Gasteiger partial charge in [0.15, 0.2) is 0 Å². The highest BCUT2D eigenvalue weighted by Crippen LogP contribution is 2.28. The molecule has 0 atom stereocenters. The molecule has 0 aromatic heterocycles. The molecular weight excluding hydrogens is 208 g/mol. The second-order valence-electron chi connectivity index (χ2n) is 5.52. The third kappa shape index (κ3) is 2.63. The number of anilines is 1. The highest BCUT2D eigenvalue weighted by Gasteiger charge is 2.22. The number of rotatable bonds is 5. The van der Waals surface area contributed by atoms with Crippen molar-refractivity contribution in [3.05, 3.63) is 29.8 Å². The second kappa shape index (κ2) is 4.69. The van der Waals surface area contributed by atoms with Crippen LogP contribution in [0.3, 0.4) is 0 Å². The van der Waals surface area contributed by atoms with Crippen LogP contribution < -0.4 is 10.2 Å². The summed E-state index contributed by atoms with van der Waals surface area (Å²) in [4.78, 5) is 2.43. The number of hydrogen-bond donors (Lipinski definition) is 1. The van der Waals surface area contributed by atoms with E-state index in [1.165, 1.54) is 43.4 Å². The zero-order valence-electron chi connectivity index (χ0n) is 10.7. The number of hydrogen-bond acceptors (Lipinski definition) is 2. The topological polar surface area (TPSA) is 15.3 Å². The SMILES string of the molecule is CN(c1ccc(CNC2CC2)cc1)C1CCC1. The minimum absolute atomic E-state index is 0.783. The minimum atomic E-state index is 0.783. The van der Waals surface area contributed by atoms with Crippen molar-refractivity contribution in [1.82, 2.24) is 5.32 Å². The van der Waals surface area contributed by atoms with Gasteiger partial charge >= 0.3 is 0 Å². The van der Waals surface area contributed by atoms with Crippen LogP contribution in [0.25, 0.3) is 0 Å². The van der Waals surface area contributed by atoms with Crippen molar-refractivity contribution in [3.63, 3.8) is 0 Å². The normalized spacial score (nSPS) is 20.1.